The molecule has 1 heterocycles. The smallest absolute Gasteiger partial charge is 0.134 e. The van der Waals surface area contributed by atoms with Gasteiger partial charge in [-0.25, -0.2) is 0 Å². The third-order valence-electron chi connectivity index (χ3n) is 7.97. The van der Waals surface area contributed by atoms with Crippen LogP contribution in [-0.2, 0) is 4.79 Å². The highest BCUT2D eigenvalue weighted by atomic mass is 31.1. The lowest BCUT2D eigenvalue weighted by molar-refractivity contribution is -0.120. The lowest BCUT2D eigenvalue weighted by Gasteiger charge is -2.50. The molecule has 1 saturated heterocycles. The third-order valence-corrected chi connectivity index (χ3v) is 12.2. The largest absolute Gasteiger partial charge is 0.496 e. The summed E-state index contributed by atoms with van der Waals surface area (Å²) in [6.07, 6.45) is 1.22. The molecule has 0 aliphatic carbocycles. The fraction of sp³-hybridized carbons (Fsp3) is 0.324. The van der Waals surface area contributed by atoms with Crippen LogP contribution in [0.1, 0.15) is 40.5 Å². The first-order valence-electron chi connectivity index (χ1n) is 14.7. The van der Waals surface area contributed by atoms with E-state index in [9.17, 15) is 4.79 Å². The van der Waals surface area contributed by atoms with E-state index < -0.39 is 7.92 Å². The maximum Gasteiger partial charge on any atom is 0.134 e. The van der Waals surface area contributed by atoms with Crippen LogP contribution in [0, 0.1) is 0 Å². The molecule has 1 aliphatic rings. The van der Waals surface area contributed by atoms with Gasteiger partial charge in [0, 0.05) is 34.6 Å². The van der Waals surface area contributed by atoms with Crippen molar-refractivity contribution < 1.29 is 23.7 Å². The fourth-order valence-electron chi connectivity index (χ4n) is 6.44. The van der Waals surface area contributed by atoms with Gasteiger partial charge in [0.1, 0.15) is 28.8 Å². The number of methoxy groups -OCH3 is 4. The second-order valence-electron chi connectivity index (χ2n) is 12.0. The molecular formula is C37H44O5P2. The van der Waals surface area contributed by atoms with Gasteiger partial charge < -0.3 is 18.9 Å². The van der Waals surface area contributed by atoms with Crippen LogP contribution in [0.2, 0.25) is 0 Å². The standard InChI is InChI=1S/C23H29O3P.C14H15O2P/c1-22(2)14-17(24)15-23(3,4)27(22)21-19(26-6)13-12-18(25-5)20(21)16-10-8-7-9-11-16;1-15-11-8-9-12(16-2)14(17)13(11)10-6-4-3-5-7-10/h7-13H,14-15H2,1-6H3;3-9H,17H2,1-2H3. The van der Waals surface area contributed by atoms with E-state index in [0.717, 1.165) is 50.6 Å². The Kier molecular flexibility index (Phi) is 10.8. The summed E-state index contributed by atoms with van der Waals surface area (Å²) in [7, 11) is 8.81. The zero-order chi connectivity index (χ0) is 32.1. The van der Waals surface area contributed by atoms with Gasteiger partial charge in [-0.3, -0.25) is 4.79 Å². The second-order valence-corrected chi connectivity index (χ2v) is 16.2. The quantitative estimate of drug-likeness (QED) is 0.193. The van der Waals surface area contributed by atoms with Gasteiger partial charge in [0.2, 0.25) is 0 Å². The average molecular weight is 631 g/mol. The molecule has 0 amide bonds. The van der Waals surface area contributed by atoms with Crippen molar-refractivity contribution in [1.29, 1.82) is 0 Å². The van der Waals surface area contributed by atoms with E-state index in [1.54, 1.807) is 28.4 Å². The molecule has 5 nitrogen and oxygen atoms in total. The number of hydrogen-bond acceptors (Lipinski definition) is 5. The van der Waals surface area contributed by atoms with Gasteiger partial charge in [-0.1, -0.05) is 96.3 Å². The summed E-state index contributed by atoms with van der Waals surface area (Å²) < 4.78 is 22.4. The molecule has 1 atom stereocenters. The molecule has 4 aromatic rings. The molecule has 1 fully saturated rings. The zero-order valence-electron chi connectivity index (χ0n) is 27.1. The molecule has 1 aliphatic heterocycles. The monoisotopic (exact) mass is 630 g/mol. The van der Waals surface area contributed by atoms with Crippen molar-refractivity contribution in [3.05, 3.63) is 84.9 Å². The van der Waals surface area contributed by atoms with E-state index in [2.05, 4.69) is 61.2 Å². The van der Waals surface area contributed by atoms with E-state index in [1.807, 2.05) is 60.7 Å². The summed E-state index contributed by atoms with van der Waals surface area (Å²) in [5.74, 6) is 3.78. The first-order valence-corrected chi connectivity index (χ1v) is 16.6. The Hall–Kier alpha value is -3.39. The zero-order valence-corrected chi connectivity index (χ0v) is 29.1. The Bertz CT molecular complexity index is 1560. The molecule has 44 heavy (non-hydrogen) atoms. The van der Waals surface area contributed by atoms with Crippen LogP contribution in [-0.4, -0.2) is 44.5 Å². The normalized spacial score (nSPS) is 15.5. The van der Waals surface area contributed by atoms with E-state index in [0.29, 0.717) is 18.6 Å². The first-order chi connectivity index (χ1) is 21.0. The number of rotatable bonds is 7. The Labute approximate surface area is 266 Å². The molecule has 0 N–H and O–H groups in total. The van der Waals surface area contributed by atoms with Crippen molar-refractivity contribution in [2.45, 2.75) is 50.8 Å². The van der Waals surface area contributed by atoms with E-state index >= 15 is 0 Å². The molecular weight excluding hydrogens is 586 g/mol. The molecule has 0 radical (unpaired) electrons. The number of benzene rings is 4. The van der Waals surface area contributed by atoms with Crippen LogP contribution in [0.25, 0.3) is 22.3 Å². The average Bonchev–Trinajstić information content (AvgIpc) is 3.00. The molecule has 232 valence electrons. The van der Waals surface area contributed by atoms with Crippen molar-refractivity contribution in [3.63, 3.8) is 0 Å². The minimum atomic E-state index is -0.699. The fourth-order valence-corrected chi connectivity index (χ4v) is 11.3. The second kappa shape index (κ2) is 14.1. The van der Waals surface area contributed by atoms with Crippen LogP contribution in [0.3, 0.4) is 0 Å². The summed E-state index contributed by atoms with van der Waals surface area (Å²) in [5.41, 5.74) is 4.39. The molecule has 1 unspecified atom stereocenters. The van der Waals surface area contributed by atoms with E-state index in [-0.39, 0.29) is 10.3 Å². The van der Waals surface area contributed by atoms with Crippen molar-refractivity contribution in [2.75, 3.05) is 28.4 Å². The van der Waals surface area contributed by atoms with Crippen molar-refractivity contribution in [3.8, 4) is 45.3 Å². The summed E-state index contributed by atoms with van der Waals surface area (Å²) in [4.78, 5) is 12.5. The first kappa shape index (κ1) is 33.5. The van der Waals surface area contributed by atoms with E-state index in [4.69, 9.17) is 18.9 Å². The lowest BCUT2D eigenvalue weighted by Crippen LogP contribution is -2.43. The Morgan fingerprint density at radius 1 is 0.568 bits per heavy atom. The molecule has 0 spiro atoms. The van der Waals surface area contributed by atoms with Gasteiger partial charge in [-0.2, -0.15) is 0 Å². The van der Waals surface area contributed by atoms with Gasteiger partial charge in [-0.05, 0) is 45.7 Å². The predicted octanol–water partition coefficient (Wildman–Crippen LogP) is 8.27. The number of ether oxygens (including phenoxy) is 4. The molecule has 0 bridgehead atoms. The van der Waals surface area contributed by atoms with Crippen molar-refractivity contribution in [2.24, 2.45) is 0 Å². The lowest BCUT2D eigenvalue weighted by atomic mass is 9.96. The Balaban J connectivity index is 0.000000223. The molecule has 7 heteroatoms. The predicted molar refractivity (Wildman–Crippen MR) is 188 cm³/mol. The summed E-state index contributed by atoms with van der Waals surface area (Å²) in [5, 5.41) is 1.99. The topological polar surface area (TPSA) is 54.0 Å². The van der Waals surface area contributed by atoms with Crippen LogP contribution in [0.5, 0.6) is 23.0 Å². The van der Waals surface area contributed by atoms with Gasteiger partial charge in [0.15, 0.2) is 0 Å². The Morgan fingerprint density at radius 3 is 1.41 bits per heavy atom. The van der Waals surface area contributed by atoms with Gasteiger partial charge in [0.05, 0.1) is 28.4 Å². The molecule has 0 saturated carbocycles. The number of Topliss-reactive ketones (excluding diaryl/α,β-unsaturated/α-hetero) is 1. The highest BCUT2D eigenvalue weighted by Gasteiger charge is 2.49. The van der Waals surface area contributed by atoms with Crippen LogP contribution in [0.15, 0.2) is 84.9 Å². The summed E-state index contributed by atoms with van der Waals surface area (Å²) in [6, 6.07) is 28.3. The van der Waals surface area contributed by atoms with Crippen molar-refractivity contribution >= 4 is 33.6 Å². The summed E-state index contributed by atoms with van der Waals surface area (Å²) >= 11 is 0. The summed E-state index contributed by atoms with van der Waals surface area (Å²) in [6.45, 7) is 8.91. The van der Waals surface area contributed by atoms with E-state index in [1.165, 1.54) is 5.30 Å². The number of hydrogen-bond donors (Lipinski definition) is 0. The van der Waals surface area contributed by atoms with Crippen LogP contribution in [0.4, 0.5) is 0 Å². The molecule has 0 aromatic heterocycles. The molecule has 4 aromatic carbocycles. The number of ketones is 1. The highest BCUT2D eigenvalue weighted by molar-refractivity contribution is 7.69. The van der Waals surface area contributed by atoms with Gasteiger partial charge >= 0.3 is 0 Å². The molecule has 5 rings (SSSR count). The SMILES string of the molecule is COc1ccc(OC)c(-c2ccccc2)c1P.COc1ccc(OC)c(P2C(C)(C)CC(=O)CC2(C)C)c1-c1ccccc1. The van der Waals surface area contributed by atoms with Crippen LogP contribution < -0.4 is 29.6 Å². The van der Waals surface area contributed by atoms with Crippen LogP contribution >= 0.6 is 17.2 Å². The van der Waals surface area contributed by atoms with Crippen molar-refractivity contribution in [1.82, 2.24) is 0 Å². The highest BCUT2D eigenvalue weighted by Crippen LogP contribution is 2.66. The Morgan fingerprint density at radius 2 is 0.955 bits per heavy atom. The third kappa shape index (κ3) is 6.96. The van der Waals surface area contributed by atoms with Gasteiger partial charge in [0.25, 0.3) is 0 Å². The maximum absolute atomic E-state index is 12.5. The van der Waals surface area contributed by atoms with Gasteiger partial charge in [-0.15, -0.1) is 9.24 Å². The maximum atomic E-state index is 12.5. The minimum absolute atomic E-state index is 0.114. The minimum Gasteiger partial charge on any atom is -0.496 e. The number of carbonyl (C=O) groups excluding carboxylic acids is 1. The number of carbonyl (C=O) groups is 1.